The number of hydrogen-bond acceptors (Lipinski definition) is 7. The van der Waals surface area contributed by atoms with Gasteiger partial charge in [-0.05, 0) is 33.1 Å². The lowest BCUT2D eigenvalue weighted by Crippen LogP contribution is -2.65. The molecule has 4 aliphatic rings. The second kappa shape index (κ2) is 7.85. The van der Waals surface area contributed by atoms with E-state index in [0.29, 0.717) is 6.42 Å². The number of esters is 2. The molecule has 198 valence electrons. The standard InChI is InChI=1S/C23H29F5O7/c1-6-20(7-2,35-19(5)9-32-22(31,21(19,24)25)23(26,27)28)14-12-8-11-13(14)18(30)34-15(11)16(12)33-17(29)10(3)4/h11-16,31H,3,6-9H2,1-2,4-5H3. The van der Waals surface area contributed by atoms with E-state index in [1.807, 2.05) is 0 Å². The molecule has 2 aliphatic heterocycles. The summed E-state index contributed by atoms with van der Waals surface area (Å²) in [5.41, 5.74) is -4.26. The fraction of sp³-hybridized carbons (Fsp3) is 0.826. The second-order valence-electron chi connectivity index (χ2n) is 10.3. The van der Waals surface area contributed by atoms with E-state index < -0.39 is 77.6 Å². The average Bonchev–Trinajstić information content (AvgIpc) is 3.42. The van der Waals surface area contributed by atoms with Crippen LogP contribution in [-0.4, -0.2) is 64.9 Å². The summed E-state index contributed by atoms with van der Waals surface area (Å²) >= 11 is 0. The lowest BCUT2D eigenvalue weighted by molar-refractivity contribution is -0.413. The largest absolute Gasteiger partial charge is 0.458 e. The van der Waals surface area contributed by atoms with Gasteiger partial charge in [-0.25, -0.2) is 4.79 Å². The number of carbonyl (C=O) groups is 2. The van der Waals surface area contributed by atoms with Crippen molar-refractivity contribution >= 4 is 11.9 Å². The van der Waals surface area contributed by atoms with Crippen LogP contribution in [0.5, 0.6) is 0 Å². The first-order chi connectivity index (χ1) is 16.0. The zero-order valence-electron chi connectivity index (χ0n) is 19.8. The number of ether oxygens (including phenoxy) is 4. The second-order valence-corrected chi connectivity index (χ2v) is 10.3. The van der Waals surface area contributed by atoms with Crippen molar-refractivity contribution in [2.24, 2.45) is 23.7 Å². The van der Waals surface area contributed by atoms with Crippen LogP contribution in [0.15, 0.2) is 12.2 Å². The van der Waals surface area contributed by atoms with Crippen molar-refractivity contribution in [3.63, 3.8) is 0 Å². The molecular formula is C23H29F5O7. The van der Waals surface area contributed by atoms with Gasteiger partial charge in [0.25, 0.3) is 0 Å². The maximum absolute atomic E-state index is 15.2. The first-order valence-corrected chi connectivity index (χ1v) is 11.6. The van der Waals surface area contributed by atoms with Crippen LogP contribution in [0.2, 0.25) is 0 Å². The molecular weight excluding hydrogens is 483 g/mol. The Balaban J connectivity index is 1.72. The van der Waals surface area contributed by atoms with E-state index in [4.69, 9.17) is 14.2 Å². The van der Waals surface area contributed by atoms with Gasteiger partial charge in [0.1, 0.15) is 12.2 Å². The number of alkyl halides is 5. The summed E-state index contributed by atoms with van der Waals surface area (Å²) in [5, 5.41) is 9.83. The summed E-state index contributed by atoms with van der Waals surface area (Å²) in [6, 6.07) is 0. The van der Waals surface area contributed by atoms with Gasteiger partial charge in [0.15, 0.2) is 5.60 Å². The Bertz CT molecular complexity index is 932. The molecule has 4 fully saturated rings. The fourth-order valence-electron chi connectivity index (χ4n) is 6.61. The fourth-order valence-corrected chi connectivity index (χ4v) is 6.61. The van der Waals surface area contributed by atoms with Crippen molar-refractivity contribution in [3.05, 3.63) is 12.2 Å². The summed E-state index contributed by atoms with van der Waals surface area (Å²) in [7, 11) is 0. The van der Waals surface area contributed by atoms with Gasteiger partial charge >= 0.3 is 29.8 Å². The predicted molar refractivity (Wildman–Crippen MR) is 108 cm³/mol. The van der Waals surface area contributed by atoms with E-state index in [9.17, 15) is 27.9 Å². The topological polar surface area (TPSA) is 91.3 Å². The number of halogens is 5. The normalized spacial score (nSPS) is 41.8. The zero-order chi connectivity index (χ0) is 26.4. The molecule has 2 saturated carbocycles. The zero-order valence-corrected chi connectivity index (χ0v) is 19.8. The van der Waals surface area contributed by atoms with Crippen molar-refractivity contribution < 1.29 is 55.6 Å². The molecule has 12 heteroatoms. The van der Waals surface area contributed by atoms with Crippen LogP contribution in [0.3, 0.4) is 0 Å². The molecule has 7 nitrogen and oxygen atoms in total. The van der Waals surface area contributed by atoms with E-state index in [0.717, 1.165) is 6.92 Å². The van der Waals surface area contributed by atoms with Crippen molar-refractivity contribution in [2.75, 3.05) is 6.61 Å². The molecule has 0 amide bonds. The van der Waals surface area contributed by atoms with Gasteiger partial charge in [0, 0.05) is 23.3 Å². The molecule has 35 heavy (non-hydrogen) atoms. The Morgan fingerprint density at radius 2 is 1.83 bits per heavy atom. The molecule has 0 aromatic heterocycles. The number of rotatable bonds is 7. The van der Waals surface area contributed by atoms with Crippen molar-refractivity contribution in [1.82, 2.24) is 0 Å². The van der Waals surface area contributed by atoms with Crippen LogP contribution >= 0.6 is 0 Å². The van der Waals surface area contributed by atoms with Crippen LogP contribution < -0.4 is 0 Å². The van der Waals surface area contributed by atoms with Gasteiger partial charge in [0.2, 0.25) is 0 Å². The highest BCUT2D eigenvalue weighted by Gasteiger charge is 2.83. The molecule has 8 atom stereocenters. The quantitative estimate of drug-likeness (QED) is 0.317. The molecule has 2 bridgehead atoms. The van der Waals surface area contributed by atoms with Gasteiger partial charge in [-0.15, -0.1) is 0 Å². The third kappa shape index (κ3) is 3.31. The Labute approximate surface area is 198 Å². The maximum atomic E-state index is 15.2. The predicted octanol–water partition coefficient (Wildman–Crippen LogP) is 3.53. The molecule has 2 aliphatic carbocycles. The molecule has 0 spiro atoms. The molecule has 0 aromatic carbocycles. The minimum absolute atomic E-state index is 0.0586. The van der Waals surface area contributed by atoms with Gasteiger partial charge in [-0.2, -0.15) is 22.0 Å². The molecule has 8 unspecified atom stereocenters. The third-order valence-corrected chi connectivity index (χ3v) is 8.40. The SMILES string of the molecule is C=C(C)C(=O)OC1C2CC3C1OC(=O)C3C2C(CC)(CC)OC1(C)COC(O)(C(F)(F)F)C1(F)F. The molecule has 2 saturated heterocycles. The van der Waals surface area contributed by atoms with Crippen LogP contribution in [0, 0.1) is 23.7 Å². The smallest absolute Gasteiger partial charge is 0.449 e. The van der Waals surface area contributed by atoms with Crippen LogP contribution in [0.25, 0.3) is 0 Å². The van der Waals surface area contributed by atoms with Gasteiger partial charge in [-0.3, -0.25) is 4.79 Å². The first kappa shape index (κ1) is 26.3. The van der Waals surface area contributed by atoms with E-state index in [1.165, 1.54) is 6.92 Å². The van der Waals surface area contributed by atoms with Crippen LogP contribution in [-0.2, 0) is 28.5 Å². The molecule has 0 aromatic rings. The van der Waals surface area contributed by atoms with E-state index in [-0.39, 0.29) is 24.3 Å². The molecule has 0 radical (unpaired) electrons. The monoisotopic (exact) mass is 512 g/mol. The Morgan fingerprint density at radius 1 is 1.23 bits per heavy atom. The maximum Gasteiger partial charge on any atom is 0.449 e. The number of hydrogen-bond donors (Lipinski definition) is 1. The molecule has 1 N–H and O–H groups in total. The minimum Gasteiger partial charge on any atom is -0.458 e. The summed E-state index contributed by atoms with van der Waals surface area (Å²) in [4.78, 5) is 25.1. The summed E-state index contributed by atoms with van der Waals surface area (Å²) < 4.78 is 91.9. The third-order valence-electron chi connectivity index (χ3n) is 8.40. The molecule has 2 heterocycles. The highest BCUT2D eigenvalue weighted by Crippen LogP contribution is 2.65. The Hall–Kier alpha value is -1.79. The van der Waals surface area contributed by atoms with E-state index in [2.05, 4.69) is 11.3 Å². The Morgan fingerprint density at radius 3 is 2.31 bits per heavy atom. The summed E-state index contributed by atoms with van der Waals surface area (Å²) in [6.45, 7) is 7.77. The Kier molecular flexibility index (Phi) is 5.90. The van der Waals surface area contributed by atoms with E-state index >= 15 is 8.78 Å². The van der Waals surface area contributed by atoms with Crippen molar-refractivity contribution in [3.8, 4) is 0 Å². The first-order valence-electron chi connectivity index (χ1n) is 11.6. The molecule has 4 rings (SSSR count). The summed E-state index contributed by atoms with van der Waals surface area (Å²) in [6.07, 6.45) is -6.81. The highest BCUT2D eigenvalue weighted by molar-refractivity contribution is 5.87. The number of carbonyl (C=O) groups excluding carboxylic acids is 2. The van der Waals surface area contributed by atoms with Gasteiger partial charge < -0.3 is 24.1 Å². The van der Waals surface area contributed by atoms with Crippen molar-refractivity contribution in [2.45, 2.75) is 88.3 Å². The van der Waals surface area contributed by atoms with Crippen LogP contribution in [0.1, 0.15) is 47.0 Å². The average molecular weight is 512 g/mol. The highest BCUT2D eigenvalue weighted by atomic mass is 19.4. The van der Waals surface area contributed by atoms with Crippen molar-refractivity contribution in [1.29, 1.82) is 0 Å². The lowest BCUT2D eigenvalue weighted by atomic mass is 9.67. The summed E-state index contributed by atoms with van der Waals surface area (Å²) in [5.74, 6) is -13.2. The van der Waals surface area contributed by atoms with E-state index in [1.54, 1.807) is 13.8 Å². The number of aliphatic hydroxyl groups is 1. The number of fused-ring (bicyclic) bond motifs is 1. The van der Waals surface area contributed by atoms with Gasteiger partial charge in [0.05, 0.1) is 18.1 Å². The van der Waals surface area contributed by atoms with Gasteiger partial charge in [-0.1, -0.05) is 20.4 Å². The van der Waals surface area contributed by atoms with Crippen LogP contribution in [0.4, 0.5) is 22.0 Å². The lowest BCUT2D eigenvalue weighted by Gasteiger charge is -2.49. The minimum atomic E-state index is -5.78.